The Morgan fingerprint density at radius 3 is 2.53 bits per heavy atom. The van der Waals surface area contributed by atoms with Crippen LogP contribution in [0.4, 0.5) is 0 Å². The molecule has 0 aromatic heterocycles. The molecule has 15 heavy (non-hydrogen) atoms. The fourth-order valence-electron chi connectivity index (χ4n) is 2.39. The lowest BCUT2D eigenvalue weighted by Gasteiger charge is -2.47. The summed E-state index contributed by atoms with van der Waals surface area (Å²) < 4.78 is 22.5. The zero-order valence-electron chi connectivity index (χ0n) is 9.80. The number of rotatable bonds is 1. The van der Waals surface area contributed by atoms with Crippen LogP contribution in [0.3, 0.4) is 0 Å². The number of fused-ring (bicyclic) bond motifs is 1. The number of ether oxygens (including phenoxy) is 4. The second-order valence-electron chi connectivity index (χ2n) is 4.44. The van der Waals surface area contributed by atoms with Gasteiger partial charge >= 0.3 is 0 Å². The minimum atomic E-state index is -0.159. The number of hydrogen-bond acceptors (Lipinski definition) is 4. The van der Waals surface area contributed by atoms with Crippen molar-refractivity contribution >= 4 is 0 Å². The largest absolute Gasteiger partial charge is 0.378 e. The minimum Gasteiger partial charge on any atom is -0.378 e. The van der Waals surface area contributed by atoms with E-state index in [1.165, 1.54) is 0 Å². The van der Waals surface area contributed by atoms with Crippen LogP contribution in [-0.4, -0.2) is 44.4 Å². The van der Waals surface area contributed by atoms with Crippen molar-refractivity contribution in [2.75, 3.05) is 13.7 Å². The van der Waals surface area contributed by atoms with Gasteiger partial charge in [0.25, 0.3) is 0 Å². The highest BCUT2D eigenvalue weighted by Crippen LogP contribution is 2.32. The lowest BCUT2D eigenvalue weighted by molar-refractivity contribution is -0.313. The van der Waals surface area contributed by atoms with Crippen molar-refractivity contribution in [3.05, 3.63) is 0 Å². The lowest BCUT2D eigenvalue weighted by atomic mass is 9.88. The minimum absolute atomic E-state index is 0.00458. The van der Waals surface area contributed by atoms with Crippen LogP contribution < -0.4 is 0 Å². The molecule has 4 nitrogen and oxygen atoms in total. The van der Waals surface area contributed by atoms with Crippen molar-refractivity contribution in [3.63, 3.8) is 0 Å². The average molecular weight is 216 g/mol. The Morgan fingerprint density at radius 1 is 1.13 bits per heavy atom. The highest BCUT2D eigenvalue weighted by atomic mass is 16.7. The Hall–Kier alpha value is -0.160. The summed E-state index contributed by atoms with van der Waals surface area (Å²) >= 11 is 0. The van der Waals surface area contributed by atoms with Crippen LogP contribution in [0.1, 0.15) is 20.8 Å². The predicted octanol–water partition coefficient (Wildman–Crippen LogP) is 1.19. The Bertz CT molecular complexity index is 221. The molecule has 0 aromatic rings. The Morgan fingerprint density at radius 2 is 1.87 bits per heavy atom. The molecule has 88 valence electrons. The van der Waals surface area contributed by atoms with Gasteiger partial charge in [0, 0.05) is 13.0 Å². The van der Waals surface area contributed by atoms with E-state index in [0.717, 1.165) is 0 Å². The van der Waals surface area contributed by atoms with Crippen LogP contribution in [0.2, 0.25) is 0 Å². The molecule has 0 N–H and O–H groups in total. The topological polar surface area (TPSA) is 36.9 Å². The monoisotopic (exact) mass is 216 g/mol. The standard InChI is InChI=1S/C11H20O4/c1-6-7(2)14-9-5-13-8(3)15-11(9)10(6)12-4/h6-11H,5H2,1-4H3/t6?,7-,8?,9?,10?,11+/m0/s1. The summed E-state index contributed by atoms with van der Waals surface area (Å²) in [7, 11) is 1.74. The van der Waals surface area contributed by atoms with E-state index in [4.69, 9.17) is 18.9 Å². The molecule has 0 amide bonds. The highest BCUT2D eigenvalue weighted by Gasteiger charge is 2.46. The van der Waals surface area contributed by atoms with Gasteiger partial charge in [-0.1, -0.05) is 6.92 Å². The van der Waals surface area contributed by atoms with Crippen molar-refractivity contribution in [1.82, 2.24) is 0 Å². The zero-order chi connectivity index (χ0) is 11.0. The van der Waals surface area contributed by atoms with Gasteiger partial charge in [-0.25, -0.2) is 0 Å². The smallest absolute Gasteiger partial charge is 0.155 e. The summed E-state index contributed by atoms with van der Waals surface area (Å²) in [6.07, 6.45) is 0.150. The van der Waals surface area contributed by atoms with Crippen molar-refractivity contribution < 1.29 is 18.9 Å². The molecular weight excluding hydrogens is 196 g/mol. The Kier molecular flexibility index (Phi) is 3.30. The van der Waals surface area contributed by atoms with Crippen LogP contribution in [-0.2, 0) is 18.9 Å². The molecule has 0 aromatic carbocycles. The van der Waals surface area contributed by atoms with Gasteiger partial charge in [-0.2, -0.15) is 0 Å². The third-order valence-electron chi connectivity index (χ3n) is 3.45. The predicted molar refractivity (Wildman–Crippen MR) is 54.6 cm³/mol. The van der Waals surface area contributed by atoms with Gasteiger partial charge in [0.2, 0.25) is 0 Å². The van der Waals surface area contributed by atoms with Crippen molar-refractivity contribution in [1.29, 1.82) is 0 Å². The summed E-state index contributed by atoms with van der Waals surface area (Å²) in [6.45, 7) is 6.72. The second-order valence-corrected chi connectivity index (χ2v) is 4.44. The number of methoxy groups -OCH3 is 1. The number of hydrogen-bond donors (Lipinski definition) is 0. The summed E-state index contributed by atoms with van der Waals surface area (Å²) in [5, 5.41) is 0. The second kappa shape index (κ2) is 4.37. The Labute approximate surface area is 90.8 Å². The van der Waals surface area contributed by atoms with Crippen molar-refractivity contribution in [3.8, 4) is 0 Å². The average Bonchev–Trinajstić information content (AvgIpc) is 2.21. The molecule has 2 heterocycles. The molecule has 2 aliphatic rings. The highest BCUT2D eigenvalue weighted by molar-refractivity contribution is 4.92. The molecule has 0 radical (unpaired) electrons. The molecule has 2 rings (SSSR count). The maximum atomic E-state index is 5.85. The van der Waals surface area contributed by atoms with Gasteiger partial charge in [0.1, 0.15) is 12.2 Å². The van der Waals surface area contributed by atoms with Crippen LogP contribution in [0.5, 0.6) is 0 Å². The van der Waals surface area contributed by atoms with E-state index >= 15 is 0 Å². The first kappa shape index (κ1) is 11.3. The van der Waals surface area contributed by atoms with Crippen molar-refractivity contribution in [2.24, 2.45) is 5.92 Å². The zero-order valence-corrected chi connectivity index (χ0v) is 9.80. The van der Waals surface area contributed by atoms with Crippen LogP contribution in [0.15, 0.2) is 0 Å². The summed E-state index contributed by atoms with van der Waals surface area (Å²) in [5.74, 6) is 0.349. The van der Waals surface area contributed by atoms with Crippen LogP contribution in [0.25, 0.3) is 0 Å². The van der Waals surface area contributed by atoms with Gasteiger partial charge in [0.05, 0.1) is 18.8 Å². The van der Waals surface area contributed by atoms with E-state index in [1.54, 1.807) is 7.11 Å². The molecule has 4 heteroatoms. The first-order valence-corrected chi connectivity index (χ1v) is 5.58. The van der Waals surface area contributed by atoms with E-state index in [1.807, 2.05) is 6.92 Å². The molecule has 2 saturated heterocycles. The molecule has 0 bridgehead atoms. The fraction of sp³-hybridized carbons (Fsp3) is 1.00. The van der Waals surface area contributed by atoms with E-state index in [9.17, 15) is 0 Å². The van der Waals surface area contributed by atoms with Gasteiger partial charge < -0.3 is 18.9 Å². The summed E-state index contributed by atoms with van der Waals surface area (Å²) in [5.41, 5.74) is 0. The molecule has 0 saturated carbocycles. The first-order valence-electron chi connectivity index (χ1n) is 5.58. The SMILES string of the molecule is COC1C(C)[C@H](C)OC2COC(C)O[C@H]21. The van der Waals surface area contributed by atoms with Gasteiger partial charge in [-0.05, 0) is 13.8 Å². The molecule has 4 unspecified atom stereocenters. The molecule has 2 fully saturated rings. The third-order valence-corrected chi connectivity index (χ3v) is 3.45. The quantitative estimate of drug-likeness (QED) is 0.659. The molecule has 6 atom stereocenters. The lowest BCUT2D eigenvalue weighted by Crippen LogP contribution is -2.59. The van der Waals surface area contributed by atoms with Gasteiger partial charge in [0.15, 0.2) is 6.29 Å². The normalized spacial score (nSPS) is 51.2. The maximum absolute atomic E-state index is 5.85. The Balaban J connectivity index is 2.11. The van der Waals surface area contributed by atoms with Gasteiger partial charge in [-0.3, -0.25) is 0 Å². The summed E-state index contributed by atoms with van der Waals surface area (Å²) in [6, 6.07) is 0. The van der Waals surface area contributed by atoms with E-state index in [-0.39, 0.29) is 30.7 Å². The van der Waals surface area contributed by atoms with E-state index in [0.29, 0.717) is 12.5 Å². The third kappa shape index (κ3) is 2.04. The first-order chi connectivity index (χ1) is 7.13. The maximum Gasteiger partial charge on any atom is 0.155 e. The fourth-order valence-corrected chi connectivity index (χ4v) is 2.39. The molecular formula is C11H20O4. The molecule has 2 aliphatic heterocycles. The van der Waals surface area contributed by atoms with Gasteiger partial charge in [-0.15, -0.1) is 0 Å². The van der Waals surface area contributed by atoms with Crippen molar-refractivity contribution in [2.45, 2.75) is 51.5 Å². The summed E-state index contributed by atoms with van der Waals surface area (Å²) in [4.78, 5) is 0. The van der Waals surface area contributed by atoms with E-state index in [2.05, 4.69) is 13.8 Å². The van der Waals surface area contributed by atoms with E-state index < -0.39 is 0 Å². The van der Waals surface area contributed by atoms with Crippen LogP contribution in [0, 0.1) is 5.92 Å². The molecule has 0 spiro atoms. The van der Waals surface area contributed by atoms with Crippen LogP contribution >= 0.6 is 0 Å². The molecule has 0 aliphatic carbocycles.